The van der Waals surface area contributed by atoms with Gasteiger partial charge in [0.05, 0.1) is 17.0 Å². The van der Waals surface area contributed by atoms with Crippen LogP contribution in [0.3, 0.4) is 0 Å². The van der Waals surface area contributed by atoms with E-state index in [1.807, 2.05) is 30.3 Å². The first kappa shape index (κ1) is 19.0. The Morgan fingerprint density at radius 3 is 2.71 bits per heavy atom. The van der Waals surface area contributed by atoms with Gasteiger partial charge in [-0.3, -0.25) is 14.4 Å². The van der Waals surface area contributed by atoms with Crippen molar-refractivity contribution in [2.75, 3.05) is 11.4 Å². The molecule has 4 aromatic rings. The zero-order chi connectivity index (χ0) is 21.5. The molecule has 1 aliphatic heterocycles. The molecule has 1 amide bonds. The van der Waals surface area contributed by atoms with Crippen LogP contribution in [0.4, 0.5) is 5.69 Å². The maximum Gasteiger partial charge on any atom is 0.316 e. The molecule has 9 heteroatoms. The van der Waals surface area contributed by atoms with Crippen LogP contribution in [-0.4, -0.2) is 32.1 Å². The summed E-state index contributed by atoms with van der Waals surface area (Å²) >= 11 is 0. The Balaban J connectivity index is 1.45. The number of nitrogens with one attached hydrogen (secondary N) is 1. The van der Waals surface area contributed by atoms with Gasteiger partial charge in [0, 0.05) is 30.8 Å². The number of carbonyl (C=O) groups is 1. The Morgan fingerprint density at radius 2 is 1.94 bits per heavy atom. The zero-order valence-corrected chi connectivity index (χ0v) is 16.7. The highest BCUT2D eigenvalue weighted by atomic mass is 16.5. The molecule has 1 N–H and O–H groups in total. The standard InChI is InChI=1S/C22H19N5O4/c1-2-26-17-9-8-13(10-16(17)23-20(29)22(26)30)19-24-21(31-25-19)14-11-18(28)27(12-14)15-6-4-3-5-7-15/h3-10,14H,2,11-12H2,1H3,(H,23,29)/t14-/m0/s1. The number of hydrogen-bond donors (Lipinski definition) is 1. The first-order valence-corrected chi connectivity index (χ1v) is 10.0. The second kappa shape index (κ2) is 7.35. The molecule has 5 rings (SSSR count). The van der Waals surface area contributed by atoms with Crippen molar-refractivity contribution in [2.45, 2.75) is 25.8 Å². The SMILES string of the molecule is CCn1c(=O)c(=O)[nH]c2cc(-c3noc([C@H]4CC(=O)N(c5ccccc5)C4)n3)ccc21. The highest BCUT2D eigenvalue weighted by Crippen LogP contribution is 2.32. The summed E-state index contributed by atoms with van der Waals surface area (Å²) in [6, 6.07) is 14.7. The number of para-hydroxylation sites is 1. The molecule has 1 fully saturated rings. The molecule has 1 atom stereocenters. The second-order valence-corrected chi connectivity index (χ2v) is 7.43. The van der Waals surface area contributed by atoms with Gasteiger partial charge in [-0.15, -0.1) is 0 Å². The molecule has 1 saturated heterocycles. The van der Waals surface area contributed by atoms with E-state index in [2.05, 4.69) is 15.1 Å². The van der Waals surface area contributed by atoms with Crippen molar-refractivity contribution >= 4 is 22.6 Å². The van der Waals surface area contributed by atoms with E-state index in [0.717, 1.165) is 5.69 Å². The number of benzene rings is 2. The fourth-order valence-corrected chi connectivity index (χ4v) is 3.98. The summed E-state index contributed by atoms with van der Waals surface area (Å²) in [5, 5.41) is 4.07. The van der Waals surface area contributed by atoms with E-state index >= 15 is 0 Å². The Bertz CT molecular complexity index is 1400. The number of fused-ring (bicyclic) bond motifs is 1. The van der Waals surface area contributed by atoms with Gasteiger partial charge in [0.15, 0.2) is 0 Å². The predicted molar refractivity (Wildman–Crippen MR) is 114 cm³/mol. The van der Waals surface area contributed by atoms with Gasteiger partial charge in [-0.2, -0.15) is 4.98 Å². The largest absolute Gasteiger partial charge is 0.339 e. The number of rotatable bonds is 4. The van der Waals surface area contributed by atoms with Crippen molar-refractivity contribution in [3.63, 3.8) is 0 Å². The van der Waals surface area contributed by atoms with E-state index in [-0.39, 0.29) is 11.8 Å². The molecule has 0 spiro atoms. The third-order valence-electron chi connectivity index (χ3n) is 5.53. The molecule has 1 aliphatic rings. The van der Waals surface area contributed by atoms with Crippen LogP contribution in [0.5, 0.6) is 0 Å². The third kappa shape index (κ3) is 3.24. The number of anilines is 1. The van der Waals surface area contributed by atoms with Crippen LogP contribution in [0.1, 0.15) is 25.2 Å². The zero-order valence-electron chi connectivity index (χ0n) is 16.7. The minimum absolute atomic E-state index is 0.0109. The quantitative estimate of drug-likeness (QED) is 0.510. The van der Waals surface area contributed by atoms with Crippen LogP contribution in [0.15, 0.2) is 62.6 Å². The van der Waals surface area contributed by atoms with E-state index in [1.165, 1.54) is 4.57 Å². The van der Waals surface area contributed by atoms with Gasteiger partial charge >= 0.3 is 11.1 Å². The second-order valence-electron chi connectivity index (χ2n) is 7.43. The summed E-state index contributed by atoms with van der Waals surface area (Å²) in [6.07, 6.45) is 0.296. The van der Waals surface area contributed by atoms with Gasteiger partial charge in [-0.05, 0) is 37.3 Å². The number of aromatic amines is 1. The van der Waals surface area contributed by atoms with Crippen LogP contribution >= 0.6 is 0 Å². The molecule has 2 aromatic heterocycles. The van der Waals surface area contributed by atoms with Gasteiger partial charge in [-0.1, -0.05) is 23.4 Å². The summed E-state index contributed by atoms with van der Waals surface area (Å²) in [5.41, 5.74) is 1.36. The van der Waals surface area contributed by atoms with E-state index in [0.29, 0.717) is 47.8 Å². The molecule has 2 aromatic carbocycles. The smallest absolute Gasteiger partial charge is 0.316 e. The first-order chi connectivity index (χ1) is 15.0. The van der Waals surface area contributed by atoms with E-state index in [1.54, 1.807) is 30.0 Å². The number of amides is 1. The van der Waals surface area contributed by atoms with E-state index in [9.17, 15) is 14.4 Å². The van der Waals surface area contributed by atoms with Crippen LogP contribution in [0.25, 0.3) is 22.4 Å². The fourth-order valence-electron chi connectivity index (χ4n) is 3.98. The fraction of sp³-hybridized carbons (Fsp3) is 0.227. The molecule has 0 saturated carbocycles. The summed E-state index contributed by atoms with van der Waals surface area (Å²) in [7, 11) is 0. The number of aromatic nitrogens is 4. The average molecular weight is 417 g/mol. The van der Waals surface area contributed by atoms with Crippen molar-refractivity contribution in [3.8, 4) is 11.4 Å². The summed E-state index contributed by atoms with van der Waals surface area (Å²) in [4.78, 5) is 45.3. The maximum absolute atomic E-state index is 12.5. The predicted octanol–water partition coefficient (Wildman–Crippen LogP) is 2.28. The topological polar surface area (TPSA) is 114 Å². The molecule has 3 heterocycles. The van der Waals surface area contributed by atoms with E-state index < -0.39 is 11.1 Å². The molecule has 31 heavy (non-hydrogen) atoms. The van der Waals surface area contributed by atoms with E-state index in [4.69, 9.17) is 4.52 Å². The highest BCUT2D eigenvalue weighted by molar-refractivity contribution is 5.96. The van der Waals surface area contributed by atoms with Gasteiger partial charge < -0.3 is 19.0 Å². The van der Waals surface area contributed by atoms with Crippen molar-refractivity contribution in [1.29, 1.82) is 0 Å². The maximum atomic E-state index is 12.5. The number of H-pyrrole nitrogens is 1. The lowest BCUT2D eigenvalue weighted by Crippen LogP contribution is -2.35. The van der Waals surface area contributed by atoms with Gasteiger partial charge in [-0.25, -0.2) is 0 Å². The molecule has 0 radical (unpaired) electrons. The van der Waals surface area contributed by atoms with Gasteiger partial charge in [0.1, 0.15) is 0 Å². The lowest BCUT2D eigenvalue weighted by molar-refractivity contribution is -0.117. The van der Waals surface area contributed by atoms with Gasteiger partial charge in [0.25, 0.3) is 0 Å². The number of nitrogens with zero attached hydrogens (tertiary/aromatic N) is 4. The molecule has 0 unspecified atom stereocenters. The van der Waals surface area contributed by atoms with Crippen molar-refractivity contribution in [3.05, 3.63) is 75.1 Å². The van der Waals surface area contributed by atoms with Crippen molar-refractivity contribution in [1.82, 2.24) is 19.7 Å². The van der Waals surface area contributed by atoms with Crippen LogP contribution in [0, 0.1) is 0 Å². The minimum atomic E-state index is -0.675. The average Bonchev–Trinajstić information content (AvgIpc) is 3.42. The first-order valence-electron chi connectivity index (χ1n) is 10.0. The Morgan fingerprint density at radius 1 is 1.13 bits per heavy atom. The molecular formula is C22H19N5O4. The summed E-state index contributed by atoms with van der Waals surface area (Å²) in [6.45, 7) is 2.66. The highest BCUT2D eigenvalue weighted by Gasteiger charge is 2.35. The lowest BCUT2D eigenvalue weighted by Gasteiger charge is -2.15. The third-order valence-corrected chi connectivity index (χ3v) is 5.53. The van der Waals surface area contributed by atoms with Crippen molar-refractivity contribution < 1.29 is 9.32 Å². The number of hydrogen-bond acceptors (Lipinski definition) is 6. The van der Waals surface area contributed by atoms with Crippen LogP contribution < -0.4 is 16.0 Å². The summed E-state index contributed by atoms with van der Waals surface area (Å²) in [5.74, 6) is 0.572. The number of carbonyl (C=O) groups excluding carboxylic acids is 1. The Hall–Kier alpha value is -4.01. The normalized spacial score (nSPS) is 16.4. The summed E-state index contributed by atoms with van der Waals surface area (Å²) < 4.78 is 6.89. The molecule has 0 aliphatic carbocycles. The van der Waals surface area contributed by atoms with Crippen molar-refractivity contribution in [2.24, 2.45) is 0 Å². The Labute approximate surface area is 175 Å². The lowest BCUT2D eigenvalue weighted by atomic mass is 10.1. The molecule has 0 bridgehead atoms. The molecular weight excluding hydrogens is 398 g/mol. The monoisotopic (exact) mass is 417 g/mol. The molecule has 156 valence electrons. The van der Waals surface area contributed by atoms with Crippen LogP contribution in [-0.2, 0) is 11.3 Å². The van der Waals surface area contributed by atoms with Crippen LogP contribution in [0.2, 0.25) is 0 Å². The number of aryl methyl sites for hydroxylation is 1. The van der Waals surface area contributed by atoms with Gasteiger partial charge in [0.2, 0.25) is 17.6 Å². The molecule has 9 nitrogen and oxygen atoms in total. The minimum Gasteiger partial charge on any atom is -0.339 e. The Kier molecular flexibility index (Phi) is 4.50.